The summed E-state index contributed by atoms with van der Waals surface area (Å²) in [7, 11) is 0. The van der Waals surface area contributed by atoms with Crippen LogP contribution in [0.5, 0.6) is 0 Å². The summed E-state index contributed by atoms with van der Waals surface area (Å²) in [6.45, 7) is 5.52. The topological polar surface area (TPSA) is 0 Å². The van der Waals surface area contributed by atoms with E-state index in [4.69, 9.17) is 0 Å². The molecule has 0 radical (unpaired) electrons. The molecule has 0 aliphatic heterocycles. The molecule has 0 atom stereocenters. The average Bonchev–Trinajstić information content (AvgIpc) is 3.54. The zero-order chi connectivity index (χ0) is 35.6. The summed E-state index contributed by atoms with van der Waals surface area (Å²) in [5.74, 6) is 0. The van der Waals surface area contributed by atoms with Crippen molar-refractivity contribution in [1.29, 1.82) is 0 Å². The molecule has 1 aromatic heterocycles. The molecule has 1 heterocycles. The largest absolute Gasteiger partial charge is 0.417 e. The van der Waals surface area contributed by atoms with E-state index in [1.165, 1.54) is 50.4 Å². The monoisotopic (exact) mass is 696 g/mol. The smallest absolute Gasteiger partial charge is 0.166 e. The first-order chi connectivity index (χ1) is 25.3. The molecule has 0 fully saturated rings. The number of rotatable bonds is 5. The van der Waals surface area contributed by atoms with Gasteiger partial charge in [-0.3, -0.25) is 0 Å². The fourth-order valence-corrected chi connectivity index (χ4v) is 9.32. The summed E-state index contributed by atoms with van der Waals surface area (Å²) in [4.78, 5) is 0. The third kappa shape index (κ3) is 4.97. The van der Waals surface area contributed by atoms with Gasteiger partial charge in [-0.1, -0.05) is 152 Å². The highest BCUT2D eigenvalue weighted by molar-refractivity contribution is 7.26. The average molecular weight is 697 g/mol. The maximum atomic E-state index is 14.7. The number of hydrogen-bond donors (Lipinski definition) is 0. The second-order valence-electron chi connectivity index (χ2n) is 13.1. The van der Waals surface area contributed by atoms with E-state index in [0.717, 1.165) is 36.9 Å². The molecular weight excluding hydrogens is 666 g/mol. The second-order valence-corrected chi connectivity index (χ2v) is 14.2. The number of fused-ring (bicyclic) bond motifs is 6. The molecule has 0 unspecified atom stereocenters. The first-order valence-corrected chi connectivity index (χ1v) is 18.0. The Hall–Kier alpha value is -5.97. The van der Waals surface area contributed by atoms with Crippen molar-refractivity contribution in [2.75, 3.05) is 0 Å². The Morgan fingerprint density at radius 2 is 1.08 bits per heavy atom. The van der Waals surface area contributed by atoms with E-state index in [-0.39, 0.29) is 10.9 Å². The summed E-state index contributed by atoms with van der Waals surface area (Å²) in [5, 5.41) is 7.76. The Balaban J connectivity index is 1.32. The molecule has 9 rings (SSSR count). The molecule has 0 nitrogen and oxygen atoms in total. The van der Waals surface area contributed by atoms with E-state index >= 15 is 0 Å². The predicted octanol–water partition coefficient (Wildman–Crippen LogP) is 15.0. The molecule has 0 saturated carbocycles. The van der Waals surface area contributed by atoms with E-state index in [2.05, 4.69) is 104 Å². The van der Waals surface area contributed by atoms with Crippen LogP contribution < -0.4 is 0 Å². The van der Waals surface area contributed by atoms with Gasteiger partial charge >= 0.3 is 6.18 Å². The number of allylic oxidation sites excluding steroid dienone is 2. The van der Waals surface area contributed by atoms with E-state index in [0.29, 0.717) is 10.9 Å². The maximum absolute atomic E-state index is 14.7. The van der Waals surface area contributed by atoms with E-state index in [9.17, 15) is 13.2 Å². The van der Waals surface area contributed by atoms with Gasteiger partial charge in [-0.05, 0) is 90.3 Å². The number of alkyl halides is 3. The fraction of sp³-hybridized carbons (Fsp3) is 0.0417. The predicted molar refractivity (Wildman–Crippen MR) is 217 cm³/mol. The highest BCUT2D eigenvalue weighted by Crippen LogP contribution is 2.49. The number of hydrogen-bond acceptors (Lipinski definition) is 1. The third-order valence-corrected chi connectivity index (χ3v) is 11.5. The fourth-order valence-electron chi connectivity index (χ4n) is 8.12. The molecule has 250 valence electrons. The van der Waals surface area contributed by atoms with Crippen LogP contribution in [-0.2, 0) is 6.18 Å². The van der Waals surface area contributed by atoms with Crippen LogP contribution in [0.4, 0.5) is 13.2 Å². The Kier molecular flexibility index (Phi) is 7.60. The van der Waals surface area contributed by atoms with Gasteiger partial charge in [0, 0.05) is 25.7 Å². The Morgan fingerprint density at radius 1 is 0.538 bits per heavy atom. The molecular formula is C48H31F3S. The molecule has 0 aliphatic rings. The molecule has 0 aliphatic carbocycles. The summed E-state index contributed by atoms with van der Waals surface area (Å²) in [6.07, 6.45) is 0.103. The molecule has 0 N–H and O–H groups in total. The minimum atomic E-state index is -4.53. The van der Waals surface area contributed by atoms with Crippen LogP contribution in [0.25, 0.3) is 91.9 Å². The van der Waals surface area contributed by atoms with Gasteiger partial charge in [0.1, 0.15) is 0 Å². The quantitative estimate of drug-likeness (QED) is 0.124. The Morgan fingerprint density at radius 3 is 1.67 bits per heavy atom. The lowest BCUT2D eigenvalue weighted by Crippen LogP contribution is -2.11. The van der Waals surface area contributed by atoms with Gasteiger partial charge in [0.2, 0.25) is 0 Å². The minimum absolute atomic E-state index is 0.166. The van der Waals surface area contributed by atoms with Crippen molar-refractivity contribution in [2.24, 2.45) is 0 Å². The first-order valence-electron chi connectivity index (χ1n) is 17.2. The molecule has 9 aromatic rings. The zero-order valence-electron chi connectivity index (χ0n) is 28.3. The third-order valence-electron chi connectivity index (χ3n) is 10.2. The lowest BCUT2D eigenvalue weighted by Gasteiger charge is -2.21. The molecule has 4 heteroatoms. The van der Waals surface area contributed by atoms with Crippen LogP contribution >= 0.6 is 11.3 Å². The normalized spacial score (nSPS) is 12.2. The van der Waals surface area contributed by atoms with E-state index < -0.39 is 11.7 Å². The number of thiophene rings is 1. The first kappa shape index (κ1) is 32.0. The van der Waals surface area contributed by atoms with Gasteiger partial charge in [0.25, 0.3) is 0 Å². The molecule has 8 aromatic carbocycles. The van der Waals surface area contributed by atoms with Crippen LogP contribution in [0, 0.1) is 6.92 Å². The highest BCUT2D eigenvalue weighted by Gasteiger charge is 2.37. The summed E-state index contributed by atoms with van der Waals surface area (Å²) < 4.78 is 46.4. The van der Waals surface area contributed by atoms with Crippen LogP contribution in [0.2, 0.25) is 0 Å². The van der Waals surface area contributed by atoms with Crippen LogP contribution in [0.15, 0.2) is 158 Å². The van der Waals surface area contributed by atoms with Crippen molar-refractivity contribution < 1.29 is 13.2 Å². The van der Waals surface area contributed by atoms with E-state index in [1.807, 2.05) is 30.3 Å². The van der Waals surface area contributed by atoms with Crippen molar-refractivity contribution >= 4 is 69.9 Å². The molecule has 0 saturated heterocycles. The van der Waals surface area contributed by atoms with Gasteiger partial charge in [0.15, 0.2) is 0 Å². The highest BCUT2D eigenvalue weighted by atomic mass is 32.1. The van der Waals surface area contributed by atoms with Crippen LogP contribution in [-0.4, -0.2) is 0 Å². The Labute approximate surface area is 303 Å². The molecule has 0 bridgehead atoms. The maximum Gasteiger partial charge on any atom is 0.417 e. The SMILES string of the molecule is C=C/C=C\c1c(C)c(-c2cccc3c2sc2ccc(-c4c5ccccc5c(-c5ccccc5)c5ccccc45)cc23)c2ccccc2c1C(F)(F)F. The van der Waals surface area contributed by atoms with Crippen molar-refractivity contribution in [3.8, 4) is 33.4 Å². The zero-order valence-corrected chi connectivity index (χ0v) is 29.1. The second kappa shape index (κ2) is 12.4. The summed E-state index contributed by atoms with van der Waals surface area (Å²) in [5.41, 5.74) is 6.60. The van der Waals surface area contributed by atoms with Crippen molar-refractivity contribution in [3.05, 3.63) is 175 Å². The standard InChI is InChI=1S/C48H31F3S/c1-3-4-17-32-29(2)43(37-22-12-13-23-38(37)46(32)48(49,50)51)40-25-14-24-39-41-28-31(26-27-42(41)52-47(39)40)45-35-20-10-8-18-33(35)44(30-15-6-5-7-16-30)34-19-9-11-21-36(34)45/h3-28H,1H2,2H3/b17-4-. The van der Waals surface area contributed by atoms with Gasteiger partial charge in [-0.25, -0.2) is 0 Å². The summed E-state index contributed by atoms with van der Waals surface area (Å²) >= 11 is 1.69. The van der Waals surface area contributed by atoms with Gasteiger partial charge < -0.3 is 0 Å². The lowest BCUT2D eigenvalue weighted by atomic mass is 9.85. The van der Waals surface area contributed by atoms with Gasteiger partial charge in [-0.2, -0.15) is 13.2 Å². The van der Waals surface area contributed by atoms with Gasteiger partial charge in [0.05, 0.1) is 5.56 Å². The molecule has 0 spiro atoms. The van der Waals surface area contributed by atoms with Gasteiger partial charge in [-0.15, -0.1) is 11.3 Å². The molecule has 0 amide bonds. The van der Waals surface area contributed by atoms with Crippen molar-refractivity contribution in [3.63, 3.8) is 0 Å². The number of halogens is 3. The Bertz CT molecular complexity index is 2850. The summed E-state index contributed by atoms with van der Waals surface area (Å²) in [6, 6.07) is 47.7. The van der Waals surface area contributed by atoms with Crippen LogP contribution in [0.1, 0.15) is 16.7 Å². The number of benzene rings is 8. The van der Waals surface area contributed by atoms with Crippen molar-refractivity contribution in [1.82, 2.24) is 0 Å². The molecule has 52 heavy (non-hydrogen) atoms. The minimum Gasteiger partial charge on any atom is -0.166 e. The lowest BCUT2D eigenvalue weighted by molar-refractivity contribution is -0.136. The van der Waals surface area contributed by atoms with E-state index in [1.54, 1.807) is 36.5 Å². The van der Waals surface area contributed by atoms with Crippen LogP contribution in [0.3, 0.4) is 0 Å². The van der Waals surface area contributed by atoms with Crippen molar-refractivity contribution in [2.45, 2.75) is 13.1 Å².